The van der Waals surface area contributed by atoms with Crippen LogP contribution in [0.2, 0.25) is 0 Å². The van der Waals surface area contributed by atoms with Crippen molar-refractivity contribution >= 4 is 27.6 Å². The summed E-state index contributed by atoms with van der Waals surface area (Å²) in [7, 11) is -3.46. The predicted octanol–water partition coefficient (Wildman–Crippen LogP) is 1.90. The summed E-state index contributed by atoms with van der Waals surface area (Å²) in [5.41, 5.74) is 0.127. The number of nitrogens with one attached hydrogen (secondary N) is 2. The van der Waals surface area contributed by atoms with Crippen LogP contribution in [0.15, 0.2) is 29.2 Å². The zero-order valence-corrected chi connectivity index (χ0v) is 22.2. The molecule has 2 rings (SSSR count). The van der Waals surface area contributed by atoms with Gasteiger partial charge in [-0.25, -0.2) is 8.42 Å². The van der Waals surface area contributed by atoms with Crippen molar-refractivity contribution in [2.75, 3.05) is 12.8 Å². The highest BCUT2D eigenvalue weighted by atomic mass is 32.2. The highest BCUT2D eigenvalue weighted by Gasteiger charge is 2.47. The third kappa shape index (κ3) is 7.67. The highest BCUT2D eigenvalue weighted by molar-refractivity contribution is 7.90. The lowest BCUT2D eigenvalue weighted by atomic mass is 9.97. The topological polar surface area (TPSA) is 133 Å². The Morgan fingerprint density at radius 3 is 2.05 bits per heavy atom. The molecular weight excluding hydrogens is 515 g/mol. The first-order valence-electron chi connectivity index (χ1n) is 11.9. The van der Waals surface area contributed by atoms with E-state index in [1.54, 1.807) is 13.8 Å². The maximum atomic E-state index is 13.4. The van der Waals surface area contributed by atoms with Crippen LogP contribution in [0, 0.1) is 11.8 Å². The van der Waals surface area contributed by atoms with E-state index in [1.165, 1.54) is 43.0 Å². The number of benzene rings is 1. The number of carbonyl (C=O) groups is 3. The molecular formula is C24H34F3N3O6S. The summed E-state index contributed by atoms with van der Waals surface area (Å²) in [6.45, 7) is 6.42. The van der Waals surface area contributed by atoms with Gasteiger partial charge >= 0.3 is 6.18 Å². The van der Waals surface area contributed by atoms with Crippen molar-refractivity contribution in [3.63, 3.8) is 0 Å². The van der Waals surface area contributed by atoms with Crippen LogP contribution in [0.4, 0.5) is 13.2 Å². The molecule has 13 heteroatoms. The Bertz CT molecular complexity index is 1090. The molecule has 9 nitrogen and oxygen atoms in total. The zero-order chi connectivity index (χ0) is 28.3. The molecule has 1 fully saturated rings. The summed E-state index contributed by atoms with van der Waals surface area (Å²) in [5.74, 6) is -3.13. The normalized spacial score (nSPS) is 19.0. The Labute approximate surface area is 214 Å². The van der Waals surface area contributed by atoms with Gasteiger partial charge in [0.05, 0.1) is 10.9 Å². The lowest BCUT2D eigenvalue weighted by Gasteiger charge is -2.33. The van der Waals surface area contributed by atoms with Crippen LogP contribution in [-0.2, 0) is 19.4 Å². The van der Waals surface area contributed by atoms with Gasteiger partial charge in [-0.15, -0.1) is 0 Å². The molecule has 2 unspecified atom stereocenters. The summed E-state index contributed by atoms with van der Waals surface area (Å²) in [6.07, 6.45) is -6.01. The van der Waals surface area contributed by atoms with Gasteiger partial charge in [-0.3, -0.25) is 14.4 Å². The van der Waals surface area contributed by atoms with Crippen LogP contribution >= 0.6 is 0 Å². The van der Waals surface area contributed by atoms with Gasteiger partial charge in [-0.05, 0) is 48.9 Å². The summed E-state index contributed by atoms with van der Waals surface area (Å²) in [5, 5.41) is 14.6. The number of hydrogen-bond acceptors (Lipinski definition) is 6. The van der Waals surface area contributed by atoms with Crippen molar-refractivity contribution in [3.05, 3.63) is 29.8 Å². The van der Waals surface area contributed by atoms with Gasteiger partial charge in [0.15, 0.2) is 15.9 Å². The number of carbonyl (C=O) groups excluding carboxylic acids is 3. The number of halogens is 3. The lowest BCUT2D eigenvalue weighted by Crippen LogP contribution is -2.59. The molecule has 1 saturated heterocycles. The average Bonchev–Trinajstić information content (AvgIpc) is 3.28. The number of amides is 3. The molecule has 0 bridgehead atoms. The van der Waals surface area contributed by atoms with Crippen molar-refractivity contribution in [3.8, 4) is 0 Å². The van der Waals surface area contributed by atoms with Crippen LogP contribution in [-0.4, -0.2) is 79.4 Å². The molecule has 1 aliphatic heterocycles. The van der Waals surface area contributed by atoms with Crippen molar-refractivity contribution in [2.45, 2.75) is 75.8 Å². The summed E-state index contributed by atoms with van der Waals surface area (Å²) in [4.78, 5) is 40.4. The second kappa shape index (κ2) is 11.8. The van der Waals surface area contributed by atoms with E-state index >= 15 is 0 Å². The van der Waals surface area contributed by atoms with E-state index in [4.69, 9.17) is 0 Å². The number of sulfone groups is 1. The van der Waals surface area contributed by atoms with Crippen LogP contribution in [0.3, 0.4) is 0 Å². The molecule has 1 aromatic carbocycles. The van der Waals surface area contributed by atoms with E-state index in [-0.39, 0.29) is 23.4 Å². The standard InChI is InChI=1S/C24H34F3N3O6S/c1-13(2)18(20(31)24(25,26)27)28-22(33)17-7-6-12-30(17)23(34)19(14(3)4)29-21(32)15-8-10-16(11-9-15)37(5,35)36/h8-11,13-14,17-20,31H,6-7,12H2,1-5H3,(H,28,33)(H,29,32)/t17-,18?,19-,20?/m0/s1. The fourth-order valence-corrected chi connectivity index (χ4v) is 4.78. The van der Waals surface area contributed by atoms with E-state index in [0.717, 1.165) is 6.26 Å². The Morgan fingerprint density at radius 2 is 1.59 bits per heavy atom. The van der Waals surface area contributed by atoms with Gasteiger partial charge in [-0.1, -0.05) is 27.7 Å². The maximum absolute atomic E-state index is 13.4. The van der Waals surface area contributed by atoms with E-state index in [2.05, 4.69) is 10.6 Å². The summed E-state index contributed by atoms with van der Waals surface area (Å²) < 4.78 is 62.6. The number of alkyl halides is 3. The molecule has 3 N–H and O–H groups in total. The van der Waals surface area contributed by atoms with Crippen LogP contribution in [0.5, 0.6) is 0 Å². The molecule has 0 radical (unpaired) electrons. The largest absolute Gasteiger partial charge is 0.416 e. The fourth-order valence-electron chi connectivity index (χ4n) is 4.15. The SMILES string of the molecule is CC(C)C(NC(=O)[C@@H]1CCCN1C(=O)[C@@H](NC(=O)c1ccc(S(C)(=O)=O)cc1)C(C)C)C(O)C(F)(F)F. The quantitative estimate of drug-likeness (QED) is 0.431. The molecule has 0 spiro atoms. The van der Waals surface area contributed by atoms with E-state index < -0.39 is 69.8 Å². The van der Waals surface area contributed by atoms with E-state index in [0.29, 0.717) is 6.42 Å². The van der Waals surface area contributed by atoms with Crippen molar-refractivity contribution < 1.29 is 41.1 Å². The number of nitrogens with zero attached hydrogens (tertiary/aromatic N) is 1. The van der Waals surface area contributed by atoms with Gasteiger partial charge < -0.3 is 20.6 Å². The van der Waals surface area contributed by atoms with Crippen molar-refractivity contribution in [1.82, 2.24) is 15.5 Å². The van der Waals surface area contributed by atoms with E-state index in [9.17, 15) is 41.1 Å². The Morgan fingerprint density at radius 1 is 1.03 bits per heavy atom. The zero-order valence-electron chi connectivity index (χ0n) is 21.4. The fraction of sp³-hybridized carbons (Fsp3) is 0.625. The molecule has 3 amide bonds. The Kier molecular flexibility index (Phi) is 9.75. The number of hydrogen-bond donors (Lipinski definition) is 3. The number of likely N-dealkylation sites (tertiary alicyclic amines) is 1. The van der Waals surface area contributed by atoms with Crippen molar-refractivity contribution in [2.24, 2.45) is 11.8 Å². The molecule has 1 aliphatic rings. The highest BCUT2D eigenvalue weighted by Crippen LogP contribution is 2.27. The summed E-state index contributed by atoms with van der Waals surface area (Å²) >= 11 is 0. The smallest absolute Gasteiger partial charge is 0.382 e. The second-order valence-electron chi connectivity index (χ2n) is 9.95. The minimum atomic E-state index is -4.93. The van der Waals surface area contributed by atoms with Gasteiger partial charge in [0, 0.05) is 18.4 Å². The molecule has 0 saturated carbocycles. The second-order valence-corrected chi connectivity index (χ2v) is 12.0. The Balaban J connectivity index is 2.19. The van der Waals surface area contributed by atoms with Crippen molar-refractivity contribution in [1.29, 1.82) is 0 Å². The van der Waals surface area contributed by atoms with E-state index in [1.807, 2.05) is 0 Å². The molecule has 0 aliphatic carbocycles. The number of aliphatic hydroxyl groups is 1. The molecule has 1 aromatic rings. The molecule has 37 heavy (non-hydrogen) atoms. The van der Waals surface area contributed by atoms with Gasteiger partial charge in [-0.2, -0.15) is 13.2 Å². The number of aliphatic hydroxyl groups excluding tert-OH is 1. The minimum absolute atomic E-state index is 0.0294. The maximum Gasteiger partial charge on any atom is 0.416 e. The third-order valence-corrected chi connectivity index (χ3v) is 7.43. The molecule has 208 valence electrons. The summed E-state index contributed by atoms with van der Waals surface area (Å²) in [6, 6.07) is 1.49. The monoisotopic (exact) mass is 549 g/mol. The Hall–Kier alpha value is -2.67. The first-order valence-corrected chi connectivity index (χ1v) is 13.8. The minimum Gasteiger partial charge on any atom is -0.382 e. The predicted molar refractivity (Wildman–Crippen MR) is 129 cm³/mol. The van der Waals surface area contributed by atoms with Crippen LogP contribution in [0.25, 0.3) is 0 Å². The first kappa shape index (κ1) is 30.6. The molecule has 1 heterocycles. The third-order valence-electron chi connectivity index (χ3n) is 6.31. The number of rotatable bonds is 9. The first-order chi connectivity index (χ1) is 16.9. The van der Waals surface area contributed by atoms with Crippen LogP contribution in [0.1, 0.15) is 50.9 Å². The van der Waals surface area contributed by atoms with Gasteiger partial charge in [0.1, 0.15) is 12.1 Å². The van der Waals surface area contributed by atoms with Crippen LogP contribution < -0.4 is 10.6 Å². The molecule has 0 aromatic heterocycles. The average molecular weight is 550 g/mol. The van der Waals surface area contributed by atoms with Gasteiger partial charge in [0.2, 0.25) is 11.8 Å². The van der Waals surface area contributed by atoms with Gasteiger partial charge in [0.25, 0.3) is 5.91 Å². The lowest BCUT2D eigenvalue weighted by molar-refractivity contribution is -0.215. The molecule has 4 atom stereocenters.